The van der Waals surface area contributed by atoms with E-state index >= 15 is 0 Å². The van der Waals surface area contributed by atoms with Crippen molar-refractivity contribution in [2.24, 2.45) is 5.92 Å². The molecule has 1 heteroatoms. The number of hydrogen-bond donors (Lipinski definition) is 0. The summed E-state index contributed by atoms with van der Waals surface area (Å²) in [5, 5.41) is 0. The van der Waals surface area contributed by atoms with E-state index in [-0.39, 0.29) is 0 Å². The molecule has 0 aromatic carbocycles. The van der Waals surface area contributed by atoms with E-state index in [9.17, 15) is 0 Å². The topological polar surface area (TPSA) is 3.24 Å². The molecule has 11 heavy (non-hydrogen) atoms. The molecule has 0 aromatic heterocycles. The molecule has 1 nitrogen and oxygen atoms in total. The first-order valence-corrected chi connectivity index (χ1v) is 4.86. The fraction of sp³-hybridized carbons (Fsp3) is 1.00. The monoisotopic (exact) mass is 155 g/mol. The third-order valence-corrected chi connectivity index (χ3v) is 3.03. The van der Waals surface area contributed by atoms with Crippen molar-refractivity contribution in [1.82, 2.24) is 4.90 Å². The quantitative estimate of drug-likeness (QED) is 0.605. The molecule has 1 fully saturated rings. The van der Waals surface area contributed by atoms with Crippen LogP contribution in [-0.4, -0.2) is 25.0 Å². The summed E-state index contributed by atoms with van der Waals surface area (Å²) in [6.07, 6.45) is 7.33. The average Bonchev–Trinajstić information content (AvgIpc) is 2.39. The summed E-state index contributed by atoms with van der Waals surface area (Å²) in [4.78, 5) is 2.33. The standard InChI is InChI=1S/C10H21N/c1-9(11(2)3)8-10-6-4-5-7-10/h9-10H,4-8H2,1-3H3/t9-/m1/s1. The number of hydrogen-bond acceptors (Lipinski definition) is 1. The van der Waals surface area contributed by atoms with Gasteiger partial charge in [0.2, 0.25) is 0 Å². The highest BCUT2D eigenvalue weighted by atomic mass is 15.1. The second kappa shape index (κ2) is 4.10. The van der Waals surface area contributed by atoms with Gasteiger partial charge in [0.15, 0.2) is 0 Å². The van der Waals surface area contributed by atoms with Gasteiger partial charge < -0.3 is 4.90 Å². The molecule has 0 bridgehead atoms. The van der Waals surface area contributed by atoms with Crippen LogP contribution < -0.4 is 0 Å². The van der Waals surface area contributed by atoms with Crippen LogP contribution in [0.3, 0.4) is 0 Å². The lowest BCUT2D eigenvalue weighted by Crippen LogP contribution is -2.26. The zero-order valence-corrected chi connectivity index (χ0v) is 8.14. The molecule has 0 radical (unpaired) electrons. The third kappa shape index (κ3) is 2.82. The SMILES string of the molecule is C[C@H](CC1CCCC1)N(C)C. The van der Waals surface area contributed by atoms with Gasteiger partial charge in [-0.3, -0.25) is 0 Å². The van der Waals surface area contributed by atoms with Crippen molar-refractivity contribution in [2.75, 3.05) is 14.1 Å². The molecule has 0 amide bonds. The Labute approximate surface area is 70.8 Å². The molecule has 0 aromatic rings. The van der Waals surface area contributed by atoms with Gasteiger partial charge >= 0.3 is 0 Å². The van der Waals surface area contributed by atoms with Crippen LogP contribution in [0.15, 0.2) is 0 Å². The molecule has 0 N–H and O–H groups in total. The molecule has 0 saturated heterocycles. The maximum absolute atomic E-state index is 2.33. The van der Waals surface area contributed by atoms with Crippen molar-refractivity contribution < 1.29 is 0 Å². The van der Waals surface area contributed by atoms with Gasteiger partial charge in [-0.05, 0) is 33.4 Å². The van der Waals surface area contributed by atoms with Crippen molar-refractivity contribution in [2.45, 2.75) is 45.1 Å². The highest BCUT2D eigenvalue weighted by Crippen LogP contribution is 2.29. The largest absolute Gasteiger partial charge is 0.307 e. The van der Waals surface area contributed by atoms with E-state index in [2.05, 4.69) is 25.9 Å². The second-order valence-electron chi connectivity index (χ2n) is 4.20. The summed E-state index contributed by atoms with van der Waals surface area (Å²) < 4.78 is 0. The van der Waals surface area contributed by atoms with Gasteiger partial charge in [0, 0.05) is 6.04 Å². The molecule has 1 atom stereocenters. The maximum atomic E-state index is 2.33. The molecular formula is C10H21N. The molecule has 0 aliphatic heterocycles. The van der Waals surface area contributed by atoms with E-state index in [1.807, 2.05) is 0 Å². The van der Waals surface area contributed by atoms with E-state index in [0.717, 1.165) is 12.0 Å². The van der Waals surface area contributed by atoms with Crippen molar-refractivity contribution in [3.63, 3.8) is 0 Å². The van der Waals surface area contributed by atoms with Gasteiger partial charge in [-0.2, -0.15) is 0 Å². The molecule has 0 unspecified atom stereocenters. The zero-order chi connectivity index (χ0) is 8.27. The third-order valence-electron chi connectivity index (χ3n) is 3.03. The predicted molar refractivity (Wildman–Crippen MR) is 49.7 cm³/mol. The fourth-order valence-electron chi connectivity index (χ4n) is 1.94. The Morgan fingerprint density at radius 3 is 2.27 bits per heavy atom. The van der Waals surface area contributed by atoms with E-state index in [0.29, 0.717) is 0 Å². The minimum atomic E-state index is 0.776. The van der Waals surface area contributed by atoms with Crippen LogP contribution in [0.4, 0.5) is 0 Å². The zero-order valence-electron chi connectivity index (χ0n) is 8.14. The summed E-state index contributed by atoms with van der Waals surface area (Å²) in [7, 11) is 4.36. The van der Waals surface area contributed by atoms with Crippen LogP contribution in [0.1, 0.15) is 39.0 Å². The van der Waals surface area contributed by atoms with Crippen LogP contribution in [0.5, 0.6) is 0 Å². The molecular weight excluding hydrogens is 134 g/mol. The first-order chi connectivity index (χ1) is 5.20. The number of rotatable bonds is 3. The Kier molecular flexibility index (Phi) is 3.38. The average molecular weight is 155 g/mol. The van der Waals surface area contributed by atoms with Gasteiger partial charge in [0.25, 0.3) is 0 Å². The molecule has 1 rings (SSSR count). The predicted octanol–water partition coefficient (Wildman–Crippen LogP) is 2.52. The first-order valence-electron chi connectivity index (χ1n) is 4.86. The summed E-state index contributed by atoms with van der Waals surface area (Å²) >= 11 is 0. The van der Waals surface area contributed by atoms with Gasteiger partial charge in [0.1, 0.15) is 0 Å². The Bertz CT molecular complexity index is 103. The molecule has 66 valence electrons. The lowest BCUT2D eigenvalue weighted by Gasteiger charge is -2.22. The van der Waals surface area contributed by atoms with Crippen molar-refractivity contribution >= 4 is 0 Å². The summed E-state index contributed by atoms with van der Waals surface area (Å²) in [5.74, 6) is 1.03. The van der Waals surface area contributed by atoms with Crippen LogP contribution in [0.2, 0.25) is 0 Å². The summed E-state index contributed by atoms with van der Waals surface area (Å²) in [6.45, 7) is 2.33. The Hall–Kier alpha value is -0.0400. The van der Waals surface area contributed by atoms with Crippen LogP contribution in [0.25, 0.3) is 0 Å². The highest BCUT2D eigenvalue weighted by Gasteiger charge is 2.18. The smallest absolute Gasteiger partial charge is 0.00634 e. The van der Waals surface area contributed by atoms with Gasteiger partial charge in [-0.1, -0.05) is 25.7 Å². The second-order valence-corrected chi connectivity index (χ2v) is 4.20. The van der Waals surface area contributed by atoms with E-state index in [4.69, 9.17) is 0 Å². The van der Waals surface area contributed by atoms with E-state index in [1.54, 1.807) is 0 Å². The van der Waals surface area contributed by atoms with E-state index < -0.39 is 0 Å². The minimum Gasteiger partial charge on any atom is -0.307 e. The molecule has 1 aliphatic carbocycles. The Balaban J connectivity index is 2.18. The van der Waals surface area contributed by atoms with Gasteiger partial charge in [0.05, 0.1) is 0 Å². The van der Waals surface area contributed by atoms with Crippen LogP contribution in [0, 0.1) is 5.92 Å². The summed E-state index contributed by atoms with van der Waals surface area (Å²) in [6, 6.07) is 0.776. The Morgan fingerprint density at radius 2 is 1.82 bits per heavy atom. The Morgan fingerprint density at radius 1 is 1.27 bits per heavy atom. The molecule has 0 spiro atoms. The van der Waals surface area contributed by atoms with Gasteiger partial charge in [-0.25, -0.2) is 0 Å². The van der Waals surface area contributed by atoms with E-state index in [1.165, 1.54) is 32.1 Å². The van der Waals surface area contributed by atoms with Gasteiger partial charge in [-0.15, -0.1) is 0 Å². The molecule has 0 heterocycles. The normalized spacial score (nSPS) is 22.9. The summed E-state index contributed by atoms with van der Waals surface area (Å²) in [5.41, 5.74) is 0. The maximum Gasteiger partial charge on any atom is 0.00634 e. The van der Waals surface area contributed by atoms with Crippen LogP contribution in [-0.2, 0) is 0 Å². The van der Waals surface area contributed by atoms with Crippen molar-refractivity contribution in [3.05, 3.63) is 0 Å². The van der Waals surface area contributed by atoms with Crippen LogP contribution >= 0.6 is 0 Å². The number of nitrogens with zero attached hydrogens (tertiary/aromatic N) is 1. The molecule has 1 aliphatic rings. The first kappa shape index (κ1) is 9.05. The highest BCUT2D eigenvalue weighted by molar-refractivity contribution is 4.72. The molecule has 1 saturated carbocycles. The lowest BCUT2D eigenvalue weighted by molar-refractivity contribution is 0.262. The van der Waals surface area contributed by atoms with Crippen molar-refractivity contribution in [3.8, 4) is 0 Å². The minimum absolute atomic E-state index is 0.776. The fourth-order valence-corrected chi connectivity index (χ4v) is 1.94. The van der Waals surface area contributed by atoms with Crippen molar-refractivity contribution in [1.29, 1.82) is 0 Å². The lowest BCUT2D eigenvalue weighted by atomic mass is 9.99.